The Hall–Kier alpha value is -2.08. The summed E-state index contributed by atoms with van der Waals surface area (Å²) in [6, 6.07) is 7.56. The van der Waals surface area contributed by atoms with Gasteiger partial charge >= 0.3 is 0 Å². The molecule has 3 rings (SSSR count). The van der Waals surface area contributed by atoms with Crippen molar-refractivity contribution in [2.24, 2.45) is 5.92 Å². The Kier molecular flexibility index (Phi) is 7.31. The lowest BCUT2D eigenvalue weighted by atomic mass is 9.82. The molecule has 2 saturated heterocycles. The summed E-state index contributed by atoms with van der Waals surface area (Å²) in [6.45, 7) is 6.10. The third kappa shape index (κ3) is 4.49. The lowest BCUT2D eigenvalue weighted by Gasteiger charge is -2.42. The second kappa shape index (κ2) is 9.92. The fourth-order valence-corrected chi connectivity index (χ4v) is 4.40. The molecule has 0 saturated carbocycles. The Morgan fingerprint density at radius 2 is 2.07 bits per heavy atom. The molecular formula is C22H33N3O3. The van der Waals surface area contributed by atoms with E-state index in [-0.39, 0.29) is 23.8 Å². The van der Waals surface area contributed by atoms with Crippen LogP contribution in [-0.4, -0.2) is 61.4 Å². The van der Waals surface area contributed by atoms with Crippen molar-refractivity contribution in [2.75, 3.05) is 39.8 Å². The zero-order valence-electron chi connectivity index (χ0n) is 17.2. The van der Waals surface area contributed by atoms with Crippen molar-refractivity contribution in [3.8, 4) is 5.75 Å². The maximum absolute atomic E-state index is 13.5. The van der Waals surface area contributed by atoms with Crippen molar-refractivity contribution in [1.29, 1.82) is 0 Å². The molecule has 6 heteroatoms. The number of carbonyl (C=O) groups is 2. The molecule has 2 amide bonds. The first kappa shape index (κ1) is 20.6. The first-order valence-electron chi connectivity index (χ1n) is 10.6. The SMILES string of the molecule is CCCCN1C(=O)CC[C@H](C(=O)N2CCCNCC2)[C@H]1c1ccccc1OC. The molecule has 0 aromatic heterocycles. The van der Waals surface area contributed by atoms with E-state index in [1.165, 1.54) is 0 Å². The number of benzene rings is 1. The molecule has 2 heterocycles. The van der Waals surface area contributed by atoms with Crippen molar-refractivity contribution < 1.29 is 14.3 Å². The van der Waals surface area contributed by atoms with Gasteiger partial charge in [-0.05, 0) is 31.9 Å². The van der Waals surface area contributed by atoms with Gasteiger partial charge in [-0.2, -0.15) is 0 Å². The minimum atomic E-state index is -0.257. The number of likely N-dealkylation sites (tertiary alicyclic amines) is 1. The topological polar surface area (TPSA) is 61.9 Å². The quantitative estimate of drug-likeness (QED) is 0.815. The van der Waals surface area contributed by atoms with E-state index in [2.05, 4.69) is 12.2 Å². The molecule has 0 unspecified atom stereocenters. The van der Waals surface area contributed by atoms with Gasteiger partial charge in [0.05, 0.1) is 19.1 Å². The van der Waals surface area contributed by atoms with Crippen LogP contribution < -0.4 is 10.1 Å². The molecule has 154 valence electrons. The van der Waals surface area contributed by atoms with E-state index in [9.17, 15) is 9.59 Å². The fourth-order valence-electron chi connectivity index (χ4n) is 4.40. The van der Waals surface area contributed by atoms with E-state index in [1.807, 2.05) is 34.1 Å². The van der Waals surface area contributed by atoms with Crippen LogP contribution in [0.2, 0.25) is 0 Å². The summed E-state index contributed by atoms with van der Waals surface area (Å²) >= 11 is 0. The van der Waals surface area contributed by atoms with Crippen LogP contribution >= 0.6 is 0 Å². The molecular weight excluding hydrogens is 354 g/mol. The van der Waals surface area contributed by atoms with Crippen molar-refractivity contribution >= 4 is 11.8 Å². The molecule has 1 aromatic rings. The molecule has 2 aliphatic rings. The molecule has 0 aliphatic carbocycles. The fraction of sp³-hybridized carbons (Fsp3) is 0.636. The van der Waals surface area contributed by atoms with Gasteiger partial charge in [0.1, 0.15) is 5.75 Å². The predicted octanol–water partition coefficient (Wildman–Crippen LogP) is 2.60. The smallest absolute Gasteiger partial charge is 0.228 e. The largest absolute Gasteiger partial charge is 0.496 e. The number of carbonyl (C=O) groups excluding carboxylic acids is 2. The van der Waals surface area contributed by atoms with Crippen molar-refractivity contribution in [1.82, 2.24) is 15.1 Å². The molecule has 6 nitrogen and oxygen atoms in total. The third-order valence-electron chi connectivity index (χ3n) is 5.89. The maximum Gasteiger partial charge on any atom is 0.228 e. The van der Waals surface area contributed by atoms with Crippen LogP contribution in [0.25, 0.3) is 0 Å². The van der Waals surface area contributed by atoms with Gasteiger partial charge in [0, 0.05) is 38.2 Å². The van der Waals surface area contributed by atoms with E-state index >= 15 is 0 Å². The number of unbranched alkanes of at least 4 members (excludes halogenated alkanes) is 1. The Bertz CT molecular complexity index is 671. The number of hydrogen-bond acceptors (Lipinski definition) is 4. The Morgan fingerprint density at radius 1 is 1.25 bits per heavy atom. The zero-order chi connectivity index (χ0) is 19.9. The zero-order valence-corrected chi connectivity index (χ0v) is 17.2. The lowest BCUT2D eigenvalue weighted by molar-refractivity contribution is -0.148. The van der Waals surface area contributed by atoms with E-state index in [0.717, 1.165) is 56.8 Å². The minimum absolute atomic E-state index is 0.144. The number of amides is 2. The Morgan fingerprint density at radius 3 is 2.86 bits per heavy atom. The van der Waals surface area contributed by atoms with Gasteiger partial charge in [-0.3, -0.25) is 9.59 Å². The molecule has 1 N–H and O–H groups in total. The molecule has 0 spiro atoms. The van der Waals surface area contributed by atoms with E-state index < -0.39 is 0 Å². The Labute approximate surface area is 168 Å². The maximum atomic E-state index is 13.5. The summed E-state index contributed by atoms with van der Waals surface area (Å²) in [6.07, 6.45) is 3.96. The molecule has 1 aromatic carbocycles. The van der Waals surface area contributed by atoms with E-state index in [4.69, 9.17) is 4.74 Å². The molecule has 2 fully saturated rings. The molecule has 2 atom stereocenters. The van der Waals surface area contributed by atoms with Crippen LogP contribution in [0, 0.1) is 5.92 Å². The number of nitrogens with one attached hydrogen (secondary N) is 1. The van der Waals surface area contributed by atoms with Crippen molar-refractivity contribution in [2.45, 2.75) is 45.1 Å². The molecule has 28 heavy (non-hydrogen) atoms. The van der Waals surface area contributed by atoms with Gasteiger partial charge in [0.15, 0.2) is 0 Å². The van der Waals surface area contributed by atoms with E-state index in [1.54, 1.807) is 7.11 Å². The monoisotopic (exact) mass is 387 g/mol. The van der Waals surface area contributed by atoms with Crippen LogP contribution in [-0.2, 0) is 9.59 Å². The summed E-state index contributed by atoms with van der Waals surface area (Å²) in [7, 11) is 1.65. The summed E-state index contributed by atoms with van der Waals surface area (Å²) in [4.78, 5) is 30.3. The Balaban J connectivity index is 1.95. The summed E-state index contributed by atoms with van der Waals surface area (Å²) in [5, 5.41) is 3.36. The first-order chi connectivity index (χ1) is 13.7. The molecule has 0 bridgehead atoms. The average molecular weight is 388 g/mol. The highest BCUT2D eigenvalue weighted by Crippen LogP contribution is 2.41. The average Bonchev–Trinajstić information content (AvgIpc) is 3.01. The van der Waals surface area contributed by atoms with Gasteiger partial charge in [-0.15, -0.1) is 0 Å². The minimum Gasteiger partial charge on any atom is -0.496 e. The number of para-hydroxylation sites is 1. The number of nitrogens with zero attached hydrogens (tertiary/aromatic N) is 2. The first-order valence-corrected chi connectivity index (χ1v) is 10.6. The van der Waals surface area contributed by atoms with Crippen LogP contribution in [0.1, 0.15) is 50.6 Å². The molecule has 2 aliphatic heterocycles. The number of piperidine rings is 1. The lowest BCUT2D eigenvalue weighted by Crippen LogP contribution is -2.50. The standard InChI is InChI=1S/C22H33N3O3/c1-3-4-15-25-20(26)11-10-18(22(27)24-14-7-12-23-13-16-24)21(25)17-8-5-6-9-19(17)28-2/h5-6,8-9,18,21,23H,3-4,7,10-16H2,1-2H3/t18-,21+/m0/s1. The van der Waals surface area contributed by atoms with Crippen molar-refractivity contribution in [3.05, 3.63) is 29.8 Å². The van der Waals surface area contributed by atoms with Gasteiger partial charge in [0.25, 0.3) is 0 Å². The summed E-state index contributed by atoms with van der Waals surface area (Å²) < 4.78 is 5.61. The second-order valence-corrected chi connectivity index (χ2v) is 7.70. The number of rotatable bonds is 6. The highest BCUT2D eigenvalue weighted by Gasteiger charge is 2.42. The van der Waals surface area contributed by atoms with Gasteiger partial charge in [-0.25, -0.2) is 0 Å². The van der Waals surface area contributed by atoms with E-state index in [0.29, 0.717) is 19.4 Å². The van der Waals surface area contributed by atoms with Gasteiger partial charge < -0.3 is 19.9 Å². The van der Waals surface area contributed by atoms with Crippen molar-refractivity contribution in [3.63, 3.8) is 0 Å². The highest BCUT2D eigenvalue weighted by atomic mass is 16.5. The van der Waals surface area contributed by atoms with Crippen LogP contribution in [0.15, 0.2) is 24.3 Å². The summed E-state index contributed by atoms with van der Waals surface area (Å²) in [5.41, 5.74) is 0.945. The normalized spacial score (nSPS) is 23.4. The van der Waals surface area contributed by atoms with Crippen LogP contribution in [0.5, 0.6) is 5.75 Å². The number of ether oxygens (including phenoxy) is 1. The highest BCUT2D eigenvalue weighted by molar-refractivity contribution is 5.85. The number of methoxy groups -OCH3 is 1. The van der Waals surface area contributed by atoms with Crippen LogP contribution in [0.4, 0.5) is 0 Å². The predicted molar refractivity (Wildman–Crippen MR) is 109 cm³/mol. The van der Waals surface area contributed by atoms with Crippen LogP contribution in [0.3, 0.4) is 0 Å². The molecule has 0 radical (unpaired) electrons. The number of hydrogen-bond donors (Lipinski definition) is 1. The second-order valence-electron chi connectivity index (χ2n) is 7.70. The summed E-state index contributed by atoms with van der Waals surface area (Å²) in [5.74, 6) is 0.850. The van der Waals surface area contributed by atoms with Gasteiger partial charge in [0.2, 0.25) is 11.8 Å². The third-order valence-corrected chi connectivity index (χ3v) is 5.89. The van der Waals surface area contributed by atoms with Gasteiger partial charge in [-0.1, -0.05) is 31.5 Å².